The van der Waals surface area contributed by atoms with Crippen LogP contribution < -0.4 is 10.5 Å². The molecule has 5 heteroatoms. The summed E-state index contributed by atoms with van der Waals surface area (Å²) in [5.74, 6) is -0.815. The van der Waals surface area contributed by atoms with E-state index in [2.05, 4.69) is 0 Å². The Labute approximate surface area is 121 Å². The summed E-state index contributed by atoms with van der Waals surface area (Å²) in [5, 5.41) is 0.356. The minimum atomic E-state index is -0.552. The van der Waals surface area contributed by atoms with Crippen molar-refractivity contribution in [1.29, 1.82) is 0 Å². The highest BCUT2D eigenvalue weighted by atomic mass is 35.5. The van der Waals surface area contributed by atoms with E-state index in [-0.39, 0.29) is 12.4 Å². The third-order valence-corrected chi connectivity index (χ3v) is 3.16. The van der Waals surface area contributed by atoms with Crippen molar-refractivity contribution >= 4 is 17.5 Å². The van der Waals surface area contributed by atoms with Crippen molar-refractivity contribution in [2.24, 2.45) is 5.73 Å². The lowest BCUT2D eigenvalue weighted by molar-refractivity contribution is 0.1000. The monoisotopic (exact) mass is 293 g/mol. The van der Waals surface area contributed by atoms with Gasteiger partial charge in [0, 0.05) is 16.1 Å². The lowest BCUT2D eigenvalue weighted by atomic mass is 10.1. The first-order valence-electron chi connectivity index (χ1n) is 5.94. The highest BCUT2D eigenvalue weighted by molar-refractivity contribution is 6.31. The molecule has 0 fully saturated rings. The molecule has 0 saturated heterocycles. The molecule has 0 unspecified atom stereocenters. The predicted octanol–water partition coefficient (Wildman–Crippen LogP) is 3.47. The average Bonchev–Trinajstić information content (AvgIpc) is 2.40. The fraction of sp³-hybridized carbons (Fsp3) is 0.133. The molecule has 0 aliphatic rings. The Morgan fingerprint density at radius 1 is 1.30 bits per heavy atom. The second-order valence-corrected chi connectivity index (χ2v) is 4.80. The lowest BCUT2D eigenvalue weighted by Gasteiger charge is -2.10. The van der Waals surface area contributed by atoms with E-state index in [4.69, 9.17) is 22.1 Å². The molecule has 0 aliphatic carbocycles. The molecular weight excluding hydrogens is 281 g/mol. The molecule has 104 valence electrons. The summed E-state index contributed by atoms with van der Waals surface area (Å²) < 4.78 is 18.9. The van der Waals surface area contributed by atoms with E-state index in [0.29, 0.717) is 16.1 Å². The van der Waals surface area contributed by atoms with Gasteiger partial charge in [-0.25, -0.2) is 4.39 Å². The minimum absolute atomic E-state index is 0.109. The normalized spacial score (nSPS) is 10.3. The van der Waals surface area contributed by atoms with Gasteiger partial charge in [0.1, 0.15) is 6.61 Å². The largest absolute Gasteiger partial charge is 0.486 e. The molecule has 0 bridgehead atoms. The fourth-order valence-corrected chi connectivity index (χ4v) is 1.93. The van der Waals surface area contributed by atoms with Gasteiger partial charge in [0.2, 0.25) is 5.91 Å². The van der Waals surface area contributed by atoms with Crippen LogP contribution in [0.25, 0.3) is 0 Å². The van der Waals surface area contributed by atoms with Gasteiger partial charge in [0.15, 0.2) is 11.6 Å². The van der Waals surface area contributed by atoms with Crippen LogP contribution in [0.4, 0.5) is 4.39 Å². The number of aryl methyl sites for hydroxylation is 1. The van der Waals surface area contributed by atoms with E-state index in [1.165, 1.54) is 12.1 Å². The maximum atomic E-state index is 13.5. The zero-order chi connectivity index (χ0) is 14.7. The number of carbonyl (C=O) groups excluding carboxylic acids is 1. The number of ether oxygens (including phenoxy) is 1. The predicted molar refractivity (Wildman–Crippen MR) is 75.4 cm³/mol. The minimum Gasteiger partial charge on any atom is -0.486 e. The van der Waals surface area contributed by atoms with Gasteiger partial charge in [0.05, 0.1) is 0 Å². The van der Waals surface area contributed by atoms with Gasteiger partial charge < -0.3 is 10.5 Å². The number of rotatable bonds is 4. The van der Waals surface area contributed by atoms with Gasteiger partial charge in [-0.05, 0) is 36.8 Å². The number of primary amides is 1. The van der Waals surface area contributed by atoms with Gasteiger partial charge in [-0.3, -0.25) is 4.79 Å². The SMILES string of the molecule is Cc1ccc(F)c(OCc2ccc(C(N)=O)cc2Cl)c1. The molecule has 0 saturated carbocycles. The molecular formula is C15H13ClFNO2. The first-order valence-corrected chi connectivity index (χ1v) is 6.32. The summed E-state index contributed by atoms with van der Waals surface area (Å²) in [5.41, 5.74) is 7.03. The number of benzene rings is 2. The van der Waals surface area contributed by atoms with Crippen LogP contribution >= 0.6 is 11.6 Å². The molecule has 0 aliphatic heterocycles. The molecule has 0 atom stereocenters. The number of hydrogen-bond acceptors (Lipinski definition) is 2. The number of carbonyl (C=O) groups is 1. The number of amides is 1. The number of halogens is 2. The Kier molecular flexibility index (Phi) is 4.25. The quantitative estimate of drug-likeness (QED) is 0.938. The third kappa shape index (κ3) is 3.27. The molecule has 2 N–H and O–H groups in total. The molecule has 1 amide bonds. The van der Waals surface area contributed by atoms with Crippen molar-refractivity contribution in [2.75, 3.05) is 0 Å². The van der Waals surface area contributed by atoms with E-state index in [1.807, 2.05) is 6.92 Å². The van der Waals surface area contributed by atoms with Crippen LogP contribution in [0.1, 0.15) is 21.5 Å². The zero-order valence-electron chi connectivity index (χ0n) is 10.8. The van der Waals surface area contributed by atoms with E-state index in [0.717, 1.165) is 5.56 Å². The van der Waals surface area contributed by atoms with E-state index >= 15 is 0 Å². The second kappa shape index (κ2) is 5.92. The van der Waals surface area contributed by atoms with Gasteiger partial charge in [-0.15, -0.1) is 0 Å². The maximum Gasteiger partial charge on any atom is 0.248 e. The summed E-state index contributed by atoms with van der Waals surface area (Å²) >= 11 is 6.03. The third-order valence-electron chi connectivity index (χ3n) is 2.81. The first-order chi connectivity index (χ1) is 9.47. The van der Waals surface area contributed by atoms with Crippen LogP contribution in [0.2, 0.25) is 5.02 Å². The summed E-state index contributed by atoms with van der Waals surface area (Å²) in [6.07, 6.45) is 0. The van der Waals surface area contributed by atoms with Crippen LogP contribution in [0.5, 0.6) is 5.75 Å². The lowest BCUT2D eigenvalue weighted by Crippen LogP contribution is -2.11. The average molecular weight is 294 g/mol. The smallest absolute Gasteiger partial charge is 0.248 e. The zero-order valence-corrected chi connectivity index (χ0v) is 11.6. The van der Waals surface area contributed by atoms with Crippen molar-refractivity contribution in [3.8, 4) is 5.75 Å². The highest BCUT2D eigenvalue weighted by Crippen LogP contribution is 2.23. The van der Waals surface area contributed by atoms with Crippen LogP contribution in [0.3, 0.4) is 0 Å². The molecule has 0 heterocycles. The van der Waals surface area contributed by atoms with Crippen LogP contribution in [0.15, 0.2) is 36.4 Å². The topological polar surface area (TPSA) is 52.3 Å². The van der Waals surface area contributed by atoms with Crippen molar-refractivity contribution in [2.45, 2.75) is 13.5 Å². The maximum absolute atomic E-state index is 13.5. The summed E-state index contributed by atoms with van der Waals surface area (Å²) in [6, 6.07) is 9.28. The van der Waals surface area contributed by atoms with E-state index in [1.54, 1.807) is 24.3 Å². The Hall–Kier alpha value is -2.07. The van der Waals surface area contributed by atoms with E-state index in [9.17, 15) is 9.18 Å². The van der Waals surface area contributed by atoms with Crippen LogP contribution in [-0.2, 0) is 6.61 Å². The molecule has 0 aromatic heterocycles. The molecule has 2 rings (SSSR count). The van der Waals surface area contributed by atoms with Gasteiger partial charge in [-0.1, -0.05) is 23.7 Å². The highest BCUT2D eigenvalue weighted by Gasteiger charge is 2.08. The Bertz CT molecular complexity index is 658. The number of nitrogens with two attached hydrogens (primary N) is 1. The van der Waals surface area contributed by atoms with Crippen LogP contribution in [-0.4, -0.2) is 5.91 Å². The fourth-order valence-electron chi connectivity index (χ4n) is 1.69. The number of hydrogen-bond donors (Lipinski definition) is 1. The van der Waals surface area contributed by atoms with Gasteiger partial charge in [-0.2, -0.15) is 0 Å². The first kappa shape index (κ1) is 14.3. The molecule has 3 nitrogen and oxygen atoms in total. The summed E-state index contributed by atoms with van der Waals surface area (Å²) in [6.45, 7) is 1.96. The molecule has 0 spiro atoms. The standard InChI is InChI=1S/C15H13ClFNO2/c1-9-2-5-13(17)14(6-9)20-8-11-4-3-10(15(18)19)7-12(11)16/h2-7H,8H2,1H3,(H2,18,19). The van der Waals surface area contributed by atoms with Crippen LogP contribution in [0, 0.1) is 12.7 Å². The summed E-state index contributed by atoms with van der Waals surface area (Å²) in [7, 11) is 0. The Morgan fingerprint density at radius 3 is 2.70 bits per heavy atom. The Morgan fingerprint density at radius 2 is 2.05 bits per heavy atom. The molecule has 2 aromatic rings. The van der Waals surface area contributed by atoms with Gasteiger partial charge >= 0.3 is 0 Å². The Balaban J connectivity index is 2.15. The van der Waals surface area contributed by atoms with Crippen molar-refractivity contribution in [1.82, 2.24) is 0 Å². The molecule has 20 heavy (non-hydrogen) atoms. The van der Waals surface area contributed by atoms with Gasteiger partial charge in [0.25, 0.3) is 0 Å². The summed E-state index contributed by atoms with van der Waals surface area (Å²) in [4.78, 5) is 11.0. The second-order valence-electron chi connectivity index (χ2n) is 4.39. The van der Waals surface area contributed by atoms with E-state index < -0.39 is 11.7 Å². The molecule has 0 radical (unpaired) electrons. The van der Waals surface area contributed by atoms with Crippen molar-refractivity contribution in [3.63, 3.8) is 0 Å². The van der Waals surface area contributed by atoms with Crippen molar-refractivity contribution < 1.29 is 13.9 Å². The molecule has 2 aromatic carbocycles. The van der Waals surface area contributed by atoms with Crippen molar-refractivity contribution in [3.05, 3.63) is 63.9 Å².